The summed E-state index contributed by atoms with van der Waals surface area (Å²) in [6, 6.07) is 6.32. The molecule has 0 bridgehead atoms. The Hall–Kier alpha value is -1.55. The highest BCUT2D eigenvalue weighted by Crippen LogP contribution is 2.42. The molecule has 3 aliphatic rings. The van der Waals surface area contributed by atoms with Crippen molar-refractivity contribution in [2.45, 2.75) is 110 Å². The summed E-state index contributed by atoms with van der Waals surface area (Å²) >= 11 is 0. The van der Waals surface area contributed by atoms with E-state index in [-0.39, 0.29) is 18.7 Å². The lowest BCUT2D eigenvalue weighted by Gasteiger charge is -2.30. The van der Waals surface area contributed by atoms with Crippen LogP contribution in [0.5, 0.6) is 5.75 Å². The maximum atomic E-state index is 12.4. The number of rotatable bonds is 11. The molecule has 0 amide bonds. The molecule has 0 radical (unpaired) electrons. The van der Waals surface area contributed by atoms with Gasteiger partial charge in [-0.1, -0.05) is 70.9 Å². The van der Waals surface area contributed by atoms with Gasteiger partial charge in [0, 0.05) is 0 Å². The normalized spacial score (nSPS) is 28.7. The van der Waals surface area contributed by atoms with Crippen molar-refractivity contribution >= 4 is 5.97 Å². The molecule has 1 saturated carbocycles. The lowest BCUT2D eigenvalue weighted by atomic mass is 9.74. The standard InChI is InChI=1S/C29H44O4/c1-3-4-5-6-7-8-14-27-26-17-22-12-10-15-28(25(22)18-23(26)19-31-27)32-20-29(30)33-24-13-9-11-21(2)16-24/h10,12,15,21,23-24,26-27H,3-9,11,13-14,16-20H2,1-2H3. The van der Waals surface area contributed by atoms with Gasteiger partial charge in [-0.2, -0.15) is 0 Å². The second-order valence-electron chi connectivity index (χ2n) is 10.8. The topological polar surface area (TPSA) is 44.8 Å². The molecule has 2 fully saturated rings. The monoisotopic (exact) mass is 456 g/mol. The number of esters is 1. The van der Waals surface area contributed by atoms with Crippen molar-refractivity contribution in [2.24, 2.45) is 17.8 Å². The van der Waals surface area contributed by atoms with Crippen LogP contribution in [0.25, 0.3) is 0 Å². The summed E-state index contributed by atoms with van der Waals surface area (Å²) < 4.78 is 18.0. The zero-order valence-electron chi connectivity index (χ0n) is 20.9. The summed E-state index contributed by atoms with van der Waals surface area (Å²) in [5.41, 5.74) is 2.66. The van der Waals surface area contributed by atoms with Crippen LogP contribution in [-0.4, -0.2) is 31.4 Å². The molecule has 0 aromatic heterocycles. The minimum atomic E-state index is -0.233. The van der Waals surface area contributed by atoms with Crippen molar-refractivity contribution in [1.82, 2.24) is 0 Å². The molecule has 4 heteroatoms. The van der Waals surface area contributed by atoms with E-state index in [1.807, 2.05) is 6.07 Å². The maximum absolute atomic E-state index is 12.4. The molecule has 0 N–H and O–H groups in total. The van der Waals surface area contributed by atoms with Crippen LogP contribution in [0.2, 0.25) is 0 Å². The van der Waals surface area contributed by atoms with Crippen molar-refractivity contribution in [3.63, 3.8) is 0 Å². The predicted octanol–water partition coefficient (Wildman–Crippen LogP) is 6.67. The largest absolute Gasteiger partial charge is 0.482 e. The van der Waals surface area contributed by atoms with Gasteiger partial charge in [0.05, 0.1) is 12.7 Å². The number of fused-ring (bicyclic) bond motifs is 2. The Kier molecular flexibility index (Phi) is 9.11. The van der Waals surface area contributed by atoms with Crippen LogP contribution in [0.3, 0.4) is 0 Å². The van der Waals surface area contributed by atoms with E-state index in [0.29, 0.717) is 23.9 Å². The zero-order valence-corrected chi connectivity index (χ0v) is 20.9. The average molecular weight is 457 g/mol. The summed E-state index contributed by atoms with van der Waals surface area (Å²) in [6.45, 7) is 5.38. The van der Waals surface area contributed by atoms with Gasteiger partial charge in [0.25, 0.3) is 0 Å². The SMILES string of the molecule is CCCCCCCCC1OCC2Cc3c(cccc3OCC(=O)OC3CCCC(C)C3)CC21. The number of benzene rings is 1. The van der Waals surface area contributed by atoms with E-state index in [9.17, 15) is 4.79 Å². The van der Waals surface area contributed by atoms with Gasteiger partial charge in [-0.25, -0.2) is 4.79 Å². The first-order chi connectivity index (χ1) is 16.1. The minimum absolute atomic E-state index is 0.00653. The predicted molar refractivity (Wildman–Crippen MR) is 132 cm³/mol. The van der Waals surface area contributed by atoms with Crippen molar-refractivity contribution < 1.29 is 19.0 Å². The fraction of sp³-hybridized carbons (Fsp3) is 0.759. The molecular formula is C29H44O4. The highest BCUT2D eigenvalue weighted by atomic mass is 16.6. The molecule has 2 aliphatic carbocycles. The third-order valence-corrected chi connectivity index (χ3v) is 8.13. The lowest BCUT2D eigenvalue weighted by molar-refractivity contribution is -0.153. The summed E-state index contributed by atoms with van der Waals surface area (Å²) in [5.74, 6) is 2.47. The van der Waals surface area contributed by atoms with Gasteiger partial charge in [0.2, 0.25) is 0 Å². The summed E-state index contributed by atoms with van der Waals surface area (Å²) in [6.07, 6.45) is 16.1. The van der Waals surface area contributed by atoms with E-state index < -0.39 is 0 Å². The molecule has 5 atom stereocenters. The highest BCUT2D eigenvalue weighted by molar-refractivity contribution is 5.71. The van der Waals surface area contributed by atoms with Crippen LogP contribution in [0.15, 0.2) is 18.2 Å². The molecule has 4 nitrogen and oxygen atoms in total. The first-order valence-corrected chi connectivity index (χ1v) is 13.7. The number of hydrogen-bond acceptors (Lipinski definition) is 4. The van der Waals surface area contributed by atoms with Crippen LogP contribution >= 0.6 is 0 Å². The van der Waals surface area contributed by atoms with Crippen LogP contribution in [0, 0.1) is 17.8 Å². The maximum Gasteiger partial charge on any atom is 0.344 e. The van der Waals surface area contributed by atoms with Gasteiger partial charge in [0.1, 0.15) is 11.9 Å². The van der Waals surface area contributed by atoms with Crippen molar-refractivity contribution in [3.8, 4) is 5.75 Å². The van der Waals surface area contributed by atoms with Gasteiger partial charge < -0.3 is 14.2 Å². The molecule has 0 spiro atoms. The molecule has 33 heavy (non-hydrogen) atoms. The first kappa shape index (κ1) is 24.6. The fourth-order valence-electron chi connectivity index (χ4n) is 6.26. The second-order valence-corrected chi connectivity index (χ2v) is 10.8. The Morgan fingerprint density at radius 1 is 1.09 bits per heavy atom. The number of ether oxygens (including phenoxy) is 3. The van der Waals surface area contributed by atoms with E-state index in [1.165, 1.54) is 62.5 Å². The van der Waals surface area contributed by atoms with Gasteiger partial charge in [0.15, 0.2) is 6.61 Å². The molecular weight excluding hydrogens is 412 g/mol. The Morgan fingerprint density at radius 2 is 1.94 bits per heavy atom. The molecule has 4 rings (SSSR count). The third kappa shape index (κ3) is 6.74. The molecule has 5 unspecified atom stereocenters. The quantitative estimate of drug-likeness (QED) is 0.276. The molecule has 1 saturated heterocycles. The van der Waals surface area contributed by atoms with E-state index in [4.69, 9.17) is 14.2 Å². The molecule has 1 aromatic carbocycles. The van der Waals surface area contributed by atoms with Crippen molar-refractivity contribution in [2.75, 3.05) is 13.2 Å². The van der Waals surface area contributed by atoms with Crippen LogP contribution < -0.4 is 4.74 Å². The van der Waals surface area contributed by atoms with E-state index in [2.05, 4.69) is 26.0 Å². The van der Waals surface area contributed by atoms with Gasteiger partial charge in [-0.05, 0) is 73.5 Å². The minimum Gasteiger partial charge on any atom is -0.482 e. The van der Waals surface area contributed by atoms with Gasteiger partial charge in [-0.15, -0.1) is 0 Å². The van der Waals surface area contributed by atoms with E-state index in [1.54, 1.807) is 0 Å². The van der Waals surface area contributed by atoms with E-state index >= 15 is 0 Å². The zero-order chi connectivity index (χ0) is 23.0. The Morgan fingerprint density at radius 3 is 2.79 bits per heavy atom. The summed E-state index contributed by atoms with van der Waals surface area (Å²) in [7, 11) is 0. The van der Waals surface area contributed by atoms with E-state index in [0.717, 1.165) is 44.5 Å². The smallest absolute Gasteiger partial charge is 0.344 e. The third-order valence-electron chi connectivity index (χ3n) is 8.13. The molecule has 1 aliphatic heterocycles. The fourth-order valence-corrected chi connectivity index (χ4v) is 6.26. The number of unbranched alkanes of at least 4 members (excludes halogenated alkanes) is 5. The van der Waals surface area contributed by atoms with Gasteiger partial charge >= 0.3 is 5.97 Å². The highest BCUT2D eigenvalue weighted by Gasteiger charge is 2.40. The average Bonchev–Trinajstić information content (AvgIpc) is 3.20. The molecule has 184 valence electrons. The second kappa shape index (κ2) is 12.2. The molecule has 1 heterocycles. The van der Waals surface area contributed by atoms with Gasteiger partial charge in [-0.3, -0.25) is 0 Å². The van der Waals surface area contributed by atoms with Crippen LogP contribution in [0.4, 0.5) is 0 Å². The summed E-state index contributed by atoms with van der Waals surface area (Å²) in [4.78, 5) is 12.4. The Bertz CT molecular complexity index is 760. The first-order valence-electron chi connectivity index (χ1n) is 13.7. The summed E-state index contributed by atoms with van der Waals surface area (Å²) in [5, 5.41) is 0. The van der Waals surface area contributed by atoms with Crippen molar-refractivity contribution in [1.29, 1.82) is 0 Å². The van der Waals surface area contributed by atoms with Crippen molar-refractivity contribution in [3.05, 3.63) is 29.3 Å². The van der Waals surface area contributed by atoms with Crippen LogP contribution in [0.1, 0.15) is 95.6 Å². The number of hydrogen-bond donors (Lipinski definition) is 0. The molecule has 1 aromatic rings. The number of carbonyl (C=O) groups is 1. The Balaban J connectivity index is 1.27. The van der Waals surface area contributed by atoms with Crippen LogP contribution in [-0.2, 0) is 27.1 Å². The Labute approximate surface area is 200 Å². The number of carbonyl (C=O) groups excluding carboxylic acids is 1. The lowest BCUT2D eigenvalue weighted by Crippen LogP contribution is -2.30.